The number of anilines is 1. The number of fused-ring (bicyclic) bond motifs is 1. The second-order valence-corrected chi connectivity index (χ2v) is 8.83. The Kier molecular flexibility index (Phi) is 5.76. The molecule has 1 aliphatic heterocycles. The molecule has 0 bridgehead atoms. The van der Waals surface area contributed by atoms with Gasteiger partial charge in [-0.05, 0) is 50.3 Å². The van der Waals surface area contributed by atoms with Crippen molar-refractivity contribution in [1.29, 1.82) is 0 Å². The molecule has 0 N–H and O–H groups in total. The van der Waals surface area contributed by atoms with E-state index in [9.17, 15) is 4.79 Å². The van der Waals surface area contributed by atoms with Gasteiger partial charge in [0.1, 0.15) is 0 Å². The van der Waals surface area contributed by atoms with E-state index in [0.717, 1.165) is 69.3 Å². The molecule has 1 aromatic heterocycles. The number of morpholine rings is 1. The summed E-state index contributed by atoms with van der Waals surface area (Å²) in [6, 6.07) is 4.32. The second-order valence-electron chi connectivity index (χ2n) is 7.85. The highest BCUT2D eigenvalue weighted by atomic mass is 32.1. The van der Waals surface area contributed by atoms with E-state index in [2.05, 4.69) is 30.9 Å². The number of carbonyl (C=O) groups excluding carboxylic acids is 1. The summed E-state index contributed by atoms with van der Waals surface area (Å²) in [5.41, 5.74) is 3.49. The van der Waals surface area contributed by atoms with Crippen molar-refractivity contribution in [2.45, 2.75) is 39.5 Å². The maximum atomic E-state index is 13.1. The first-order valence-electron chi connectivity index (χ1n) is 10.1. The van der Waals surface area contributed by atoms with Crippen LogP contribution in [0.4, 0.5) is 5.13 Å². The van der Waals surface area contributed by atoms with E-state index >= 15 is 0 Å². The number of rotatable bonds is 6. The smallest absolute Gasteiger partial charge is 0.231 e. The minimum atomic E-state index is 0.197. The van der Waals surface area contributed by atoms with Gasteiger partial charge in [0.05, 0.1) is 23.4 Å². The molecule has 6 heteroatoms. The molecule has 2 aliphatic rings. The molecular weight excluding hydrogens is 358 g/mol. The molecule has 146 valence electrons. The van der Waals surface area contributed by atoms with E-state index < -0.39 is 0 Å². The predicted molar refractivity (Wildman–Crippen MR) is 111 cm³/mol. The van der Waals surface area contributed by atoms with Crippen molar-refractivity contribution in [3.05, 3.63) is 23.3 Å². The number of ether oxygens (including phenoxy) is 1. The van der Waals surface area contributed by atoms with Gasteiger partial charge in [-0.3, -0.25) is 14.6 Å². The monoisotopic (exact) mass is 387 g/mol. The zero-order valence-corrected chi connectivity index (χ0v) is 17.2. The maximum absolute atomic E-state index is 13.1. The summed E-state index contributed by atoms with van der Waals surface area (Å²) in [6.45, 7) is 9.64. The summed E-state index contributed by atoms with van der Waals surface area (Å²) in [5.74, 6) is 0.472. The lowest BCUT2D eigenvalue weighted by Crippen LogP contribution is -2.42. The van der Waals surface area contributed by atoms with Crippen molar-refractivity contribution in [3.63, 3.8) is 0 Å². The number of hydrogen-bond acceptors (Lipinski definition) is 5. The van der Waals surface area contributed by atoms with Crippen LogP contribution in [-0.4, -0.2) is 55.2 Å². The standard InChI is InChI=1S/C21H29N3O2S/c1-15-13-16(2)19-18(14-15)22-21(27-19)24(20(25)17-5-3-6-17)8-4-7-23-9-11-26-12-10-23/h13-14,17H,3-12H2,1-2H3. The third kappa shape index (κ3) is 4.18. The average Bonchev–Trinajstić information content (AvgIpc) is 3.02. The fourth-order valence-corrected chi connectivity index (χ4v) is 4.98. The predicted octanol–water partition coefficient (Wildman–Crippen LogP) is 3.77. The third-order valence-corrected chi connectivity index (χ3v) is 6.95. The summed E-state index contributed by atoms with van der Waals surface area (Å²) in [4.78, 5) is 22.4. The fraction of sp³-hybridized carbons (Fsp3) is 0.619. The fourth-order valence-electron chi connectivity index (χ4n) is 3.93. The Morgan fingerprint density at radius 3 is 2.78 bits per heavy atom. The van der Waals surface area contributed by atoms with Crippen LogP contribution < -0.4 is 4.90 Å². The van der Waals surface area contributed by atoms with E-state index in [1.165, 1.54) is 22.2 Å². The Labute approximate surface area is 165 Å². The third-order valence-electron chi connectivity index (χ3n) is 5.72. The van der Waals surface area contributed by atoms with Gasteiger partial charge in [-0.25, -0.2) is 4.98 Å². The molecule has 2 fully saturated rings. The number of nitrogens with zero attached hydrogens (tertiary/aromatic N) is 3. The van der Waals surface area contributed by atoms with Crippen molar-refractivity contribution < 1.29 is 9.53 Å². The van der Waals surface area contributed by atoms with Gasteiger partial charge in [-0.15, -0.1) is 0 Å². The Morgan fingerprint density at radius 2 is 2.07 bits per heavy atom. The van der Waals surface area contributed by atoms with E-state index in [0.29, 0.717) is 0 Å². The van der Waals surface area contributed by atoms with Gasteiger partial charge < -0.3 is 4.74 Å². The number of carbonyl (C=O) groups is 1. The van der Waals surface area contributed by atoms with E-state index in [1.54, 1.807) is 11.3 Å². The lowest BCUT2D eigenvalue weighted by atomic mass is 9.84. The first-order valence-corrected chi connectivity index (χ1v) is 10.9. The van der Waals surface area contributed by atoms with Crippen LogP contribution in [-0.2, 0) is 9.53 Å². The summed E-state index contributed by atoms with van der Waals surface area (Å²) in [7, 11) is 0. The number of amides is 1. The zero-order chi connectivity index (χ0) is 18.8. The van der Waals surface area contributed by atoms with Crippen molar-refractivity contribution in [1.82, 2.24) is 9.88 Å². The van der Waals surface area contributed by atoms with Gasteiger partial charge in [-0.2, -0.15) is 0 Å². The molecule has 1 aromatic carbocycles. The first kappa shape index (κ1) is 18.8. The molecule has 5 nitrogen and oxygen atoms in total. The number of thiazole rings is 1. The topological polar surface area (TPSA) is 45.7 Å². The average molecular weight is 388 g/mol. The Balaban J connectivity index is 1.52. The molecule has 0 unspecified atom stereocenters. The van der Waals surface area contributed by atoms with Gasteiger partial charge in [0.2, 0.25) is 5.91 Å². The Bertz CT molecular complexity index is 809. The highest BCUT2D eigenvalue weighted by Gasteiger charge is 2.31. The molecule has 4 rings (SSSR count). The Morgan fingerprint density at radius 1 is 1.30 bits per heavy atom. The van der Waals surface area contributed by atoms with Crippen LogP contribution in [0.15, 0.2) is 12.1 Å². The molecule has 1 aliphatic carbocycles. The molecule has 2 heterocycles. The molecule has 0 radical (unpaired) electrons. The summed E-state index contributed by atoms with van der Waals surface area (Å²) >= 11 is 1.67. The molecule has 1 amide bonds. The second kappa shape index (κ2) is 8.25. The number of benzene rings is 1. The van der Waals surface area contributed by atoms with Gasteiger partial charge in [0, 0.05) is 32.1 Å². The van der Waals surface area contributed by atoms with Crippen LogP contribution in [0.2, 0.25) is 0 Å². The zero-order valence-electron chi connectivity index (χ0n) is 16.4. The van der Waals surface area contributed by atoms with Crippen LogP contribution >= 0.6 is 11.3 Å². The lowest BCUT2D eigenvalue weighted by Gasteiger charge is -2.31. The van der Waals surface area contributed by atoms with Crippen molar-refractivity contribution >= 4 is 32.6 Å². The summed E-state index contributed by atoms with van der Waals surface area (Å²) in [5, 5.41) is 0.873. The van der Waals surface area contributed by atoms with E-state index in [4.69, 9.17) is 9.72 Å². The first-order chi connectivity index (χ1) is 13.1. The minimum absolute atomic E-state index is 0.197. The highest BCUT2D eigenvalue weighted by molar-refractivity contribution is 7.22. The summed E-state index contributed by atoms with van der Waals surface area (Å²) < 4.78 is 6.63. The van der Waals surface area contributed by atoms with Crippen LogP contribution in [0.25, 0.3) is 10.2 Å². The van der Waals surface area contributed by atoms with Crippen LogP contribution in [0.5, 0.6) is 0 Å². The van der Waals surface area contributed by atoms with Gasteiger partial charge in [0.25, 0.3) is 0 Å². The van der Waals surface area contributed by atoms with Crippen LogP contribution in [0.3, 0.4) is 0 Å². The molecule has 1 saturated heterocycles. The van der Waals surface area contributed by atoms with Gasteiger partial charge in [-0.1, -0.05) is 23.8 Å². The highest BCUT2D eigenvalue weighted by Crippen LogP contribution is 2.35. The molecule has 0 spiro atoms. The normalized spacial score (nSPS) is 18.6. The largest absolute Gasteiger partial charge is 0.379 e. The molecule has 2 aromatic rings. The van der Waals surface area contributed by atoms with Crippen LogP contribution in [0.1, 0.15) is 36.8 Å². The quantitative estimate of drug-likeness (QED) is 0.757. The number of aromatic nitrogens is 1. The number of hydrogen-bond donors (Lipinski definition) is 0. The van der Waals surface area contributed by atoms with Crippen molar-refractivity contribution in [2.75, 3.05) is 44.3 Å². The van der Waals surface area contributed by atoms with Crippen LogP contribution in [0, 0.1) is 19.8 Å². The Hall–Kier alpha value is -1.50. The van der Waals surface area contributed by atoms with Crippen molar-refractivity contribution in [2.24, 2.45) is 5.92 Å². The molecule has 27 heavy (non-hydrogen) atoms. The van der Waals surface area contributed by atoms with Crippen molar-refractivity contribution in [3.8, 4) is 0 Å². The minimum Gasteiger partial charge on any atom is -0.379 e. The number of aryl methyl sites for hydroxylation is 2. The summed E-state index contributed by atoms with van der Waals surface area (Å²) in [6.07, 6.45) is 4.21. The van der Waals surface area contributed by atoms with Gasteiger partial charge in [0.15, 0.2) is 5.13 Å². The van der Waals surface area contributed by atoms with Gasteiger partial charge >= 0.3 is 0 Å². The molecular formula is C21H29N3O2S. The lowest BCUT2D eigenvalue weighted by molar-refractivity contribution is -0.124. The van der Waals surface area contributed by atoms with E-state index in [1.807, 2.05) is 4.90 Å². The molecule has 0 atom stereocenters. The maximum Gasteiger partial charge on any atom is 0.231 e. The molecule has 1 saturated carbocycles. The van der Waals surface area contributed by atoms with E-state index in [-0.39, 0.29) is 11.8 Å². The SMILES string of the molecule is Cc1cc(C)c2sc(N(CCCN3CCOCC3)C(=O)C3CCC3)nc2c1.